The third-order valence-electron chi connectivity index (χ3n) is 3.88. The second kappa shape index (κ2) is 6.19. The number of nitrogens with zero attached hydrogens (tertiary/aromatic N) is 2. The molecule has 2 rings (SSSR count). The lowest BCUT2D eigenvalue weighted by Crippen LogP contribution is -2.35. The molecule has 1 aromatic rings. The highest BCUT2D eigenvalue weighted by Crippen LogP contribution is 2.29. The summed E-state index contributed by atoms with van der Waals surface area (Å²) in [5.74, 6) is 1.85. The van der Waals surface area contributed by atoms with Crippen LogP contribution in [0.25, 0.3) is 0 Å². The van der Waals surface area contributed by atoms with Crippen molar-refractivity contribution in [1.29, 1.82) is 0 Å². The molecule has 2 heterocycles. The van der Waals surface area contributed by atoms with E-state index in [1.165, 1.54) is 25.7 Å². The van der Waals surface area contributed by atoms with E-state index in [1.54, 1.807) is 0 Å². The third-order valence-corrected chi connectivity index (χ3v) is 3.88. The zero-order valence-corrected chi connectivity index (χ0v) is 11.5. The fourth-order valence-corrected chi connectivity index (χ4v) is 2.84. The molecule has 1 aromatic heterocycles. The Kier molecular flexibility index (Phi) is 4.59. The molecule has 18 heavy (non-hydrogen) atoms. The molecule has 0 saturated carbocycles. The molecule has 1 aliphatic rings. The van der Waals surface area contributed by atoms with Gasteiger partial charge in [0.15, 0.2) is 0 Å². The Morgan fingerprint density at radius 3 is 2.78 bits per heavy atom. The molecule has 0 bridgehead atoms. The predicted molar refractivity (Wildman–Crippen MR) is 74.7 cm³/mol. The van der Waals surface area contributed by atoms with Gasteiger partial charge in [0.2, 0.25) is 0 Å². The number of anilines is 1. The highest BCUT2D eigenvalue weighted by atomic mass is 16.3. The molecular formula is C15H24N2O. The number of aliphatic hydroxyl groups is 1. The molecule has 1 N–H and O–H groups in total. The van der Waals surface area contributed by atoms with Gasteiger partial charge in [0.25, 0.3) is 0 Å². The molecule has 3 nitrogen and oxygen atoms in total. The van der Waals surface area contributed by atoms with Gasteiger partial charge in [-0.2, -0.15) is 0 Å². The molecule has 0 spiro atoms. The van der Waals surface area contributed by atoms with Gasteiger partial charge >= 0.3 is 0 Å². The molecule has 1 atom stereocenters. The van der Waals surface area contributed by atoms with Crippen molar-refractivity contribution in [2.24, 2.45) is 5.92 Å². The Bertz CT molecular complexity index is 371. The molecule has 0 aromatic carbocycles. The van der Waals surface area contributed by atoms with Crippen LogP contribution in [0.5, 0.6) is 0 Å². The first-order valence-corrected chi connectivity index (χ1v) is 7.10. The zero-order valence-electron chi connectivity index (χ0n) is 11.5. The van der Waals surface area contributed by atoms with Gasteiger partial charge in [-0.05, 0) is 31.7 Å². The van der Waals surface area contributed by atoms with E-state index in [0.29, 0.717) is 0 Å². The summed E-state index contributed by atoms with van der Waals surface area (Å²) in [5.41, 5.74) is 0.950. The van der Waals surface area contributed by atoms with Gasteiger partial charge in [0.05, 0.1) is 6.10 Å². The monoisotopic (exact) mass is 248 g/mol. The Labute approximate surface area is 110 Å². The predicted octanol–water partition coefficient (Wildman–Crippen LogP) is 3.15. The maximum absolute atomic E-state index is 9.80. The topological polar surface area (TPSA) is 36.4 Å². The minimum Gasteiger partial charge on any atom is -0.389 e. The maximum atomic E-state index is 9.80. The SMILES string of the molecule is CCCC1CCN(c2ncccc2C(C)O)CC1. The van der Waals surface area contributed by atoms with Crippen molar-refractivity contribution in [3.8, 4) is 0 Å². The normalized spacial score (nSPS) is 18.9. The lowest BCUT2D eigenvalue weighted by Gasteiger charge is -2.34. The average Bonchev–Trinajstić information content (AvgIpc) is 2.40. The van der Waals surface area contributed by atoms with Crippen LogP contribution in [0.3, 0.4) is 0 Å². The number of aromatic nitrogens is 1. The first-order valence-electron chi connectivity index (χ1n) is 7.10. The van der Waals surface area contributed by atoms with Crippen molar-refractivity contribution in [1.82, 2.24) is 4.98 Å². The second-order valence-corrected chi connectivity index (χ2v) is 5.31. The summed E-state index contributed by atoms with van der Waals surface area (Å²) in [6.07, 6.45) is 6.51. The van der Waals surface area contributed by atoms with Crippen molar-refractivity contribution in [3.05, 3.63) is 23.9 Å². The van der Waals surface area contributed by atoms with Crippen molar-refractivity contribution in [2.75, 3.05) is 18.0 Å². The summed E-state index contributed by atoms with van der Waals surface area (Å²) in [5, 5.41) is 9.80. The lowest BCUT2D eigenvalue weighted by molar-refractivity contribution is 0.199. The summed E-state index contributed by atoms with van der Waals surface area (Å²) in [6, 6.07) is 3.88. The molecule has 3 heteroatoms. The molecule has 1 aliphatic heterocycles. The van der Waals surface area contributed by atoms with E-state index < -0.39 is 6.10 Å². The van der Waals surface area contributed by atoms with E-state index in [1.807, 2.05) is 25.3 Å². The van der Waals surface area contributed by atoms with Gasteiger partial charge in [-0.3, -0.25) is 0 Å². The molecule has 1 fully saturated rings. The number of pyridine rings is 1. The standard InChI is InChI=1S/C15H24N2O/c1-3-5-13-7-10-17(11-8-13)15-14(12(2)18)6-4-9-16-15/h4,6,9,12-13,18H,3,5,7-8,10-11H2,1-2H3. The van der Waals surface area contributed by atoms with Crippen molar-refractivity contribution in [2.45, 2.75) is 45.6 Å². The van der Waals surface area contributed by atoms with E-state index in [2.05, 4.69) is 16.8 Å². The van der Waals surface area contributed by atoms with Gasteiger partial charge in [0, 0.05) is 24.8 Å². The molecule has 100 valence electrons. The summed E-state index contributed by atoms with van der Waals surface area (Å²) in [6.45, 7) is 6.21. The summed E-state index contributed by atoms with van der Waals surface area (Å²) < 4.78 is 0. The maximum Gasteiger partial charge on any atom is 0.134 e. The molecular weight excluding hydrogens is 224 g/mol. The number of hydrogen-bond acceptors (Lipinski definition) is 3. The van der Waals surface area contributed by atoms with E-state index in [-0.39, 0.29) is 0 Å². The van der Waals surface area contributed by atoms with E-state index in [4.69, 9.17) is 0 Å². The number of piperidine rings is 1. The lowest BCUT2D eigenvalue weighted by atomic mass is 9.92. The van der Waals surface area contributed by atoms with Gasteiger partial charge in [-0.1, -0.05) is 25.8 Å². The first kappa shape index (κ1) is 13.3. The smallest absolute Gasteiger partial charge is 0.134 e. The van der Waals surface area contributed by atoms with Gasteiger partial charge in [-0.15, -0.1) is 0 Å². The Morgan fingerprint density at radius 1 is 1.44 bits per heavy atom. The van der Waals surface area contributed by atoms with Gasteiger partial charge in [-0.25, -0.2) is 4.98 Å². The summed E-state index contributed by atoms with van der Waals surface area (Å²) in [4.78, 5) is 6.79. The molecule has 1 unspecified atom stereocenters. The average molecular weight is 248 g/mol. The van der Waals surface area contributed by atoms with E-state index in [9.17, 15) is 5.11 Å². The minimum absolute atomic E-state index is 0.443. The van der Waals surface area contributed by atoms with Crippen LogP contribution in [0.2, 0.25) is 0 Å². The van der Waals surface area contributed by atoms with Gasteiger partial charge < -0.3 is 10.0 Å². The quantitative estimate of drug-likeness (QED) is 0.889. The van der Waals surface area contributed by atoms with Crippen molar-refractivity contribution < 1.29 is 5.11 Å². The van der Waals surface area contributed by atoms with Crippen LogP contribution in [-0.2, 0) is 0 Å². The molecule has 0 aliphatic carbocycles. The second-order valence-electron chi connectivity index (χ2n) is 5.31. The van der Waals surface area contributed by atoms with E-state index >= 15 is 0 Å². The molecule has 0 radical (unpaired) electrons. The highest BCUT2D eigenvalue weighted by Gasteiger charge is 2.22. The fourth-order valence-electron chi connectivity index (χ4n) is 2.84. The third kappa shape index (κ3) is 3.02. The van der Waals surface area contributed by atoms with Crippen LogP contribution < -0.4 is 4.90 Å². The van der Waals surface area contributed by atoms with Crippen LogP contribution in [0.4, 0.5) is 5.82 Å². The zero-order chi connectivity index (χ0) is 13.0. The van der Waals surface area contributed by atoms with Crippen LogP contribution >= 0.6 is 0 Å². The fraction of sp³-hybridized carbons (Fsp3) is 0.667. The van der Waals surface area contributed by atoms with Crippen LogP contribution in [0.15, 0.2) is 18.3 Å². The van der Waals surface area contributed by atoms with E-state index in [0.717, 1.165) is 30.4 Å². The van der Waals surface area contributed by atoms with Crippen LogP contribution in [-0.4, -0.2) is 23.2 Å². The Morgan fingerprint density at radius 2 is 2.17 bits per heavy atom. The van der Waals surface area contributed by atoms with Crippen molar-refractivity contribution in [3.63, 3.8) is 0 Å². The van der Waals surface area contributed by atoms with Gasteiger partial charge in [0.1, 0.15) is 5.82 Å². The highest BCUT2D eigenvalue weighted by molar-refractivity contribution is 5.48. The van der Waals surface area contributed by atoms with Crippen LogP contribution in [0, 0.1) is 5.92 Å². The molecule has 0 amide bonds. The number of aliphatic hydroxyl groups excluding tert-OH is 1. The number of rotatable bonds is 4. The Balaban J connectivity index is 2.05. The van der Waals surface area contributed by atoms with Crippen LogP contribution in [0.1, 0.15) is 51.2 Å². The minimum atomic E-state index is -0.443. The Hall–Kier alpha value is -1.09. The van der Waals surface area contributed by atoms with Crippen molar-refractivity contribution >= 4 is 5.82 Å². The first-order chi connectivity index (χ1) is 8.72. The summed E-state index contributed by atoms with van der Waals surface area (Å²) in [7, 11) is 0. The largest absolute Gasteiger partial charge is 0.389 e. The number of hydrogen-bond donors (Lipinski definition) is 1. The summed E-state index contributed by atoms with van der Waals surface area (Å²) >= 11 is 0. The molecule has 1 saturated heterocycles.